The molecular formula is C11H22N2O2. The first-order chi connectivity index (χ1) is 7.29. The molecule has 1 aliphatic rings. The van der Waals surface area contributed by atoms with Crippen LogP contribution in [0.5, 0.6) is 0 Å². The van der Waals surface area contributed by atoms with Crippen LogP contribution in [-0.2, 0) is 9.53 Å². The van der Waals surface area contributed by atoms with Crippen molar-refractivity contribution >= 4 is 5.91 Å². The molecule has 1 heterocycles. The molecule has 4 nitrogen and oxygen atoms in total. The number of amides is 1. The van der Waals surface area contributed by atoms with Crippen molar-refractivity contribution in [1.82, 2.24) is 10.2 Å². The predicted octanol–water partition coefficient (Wildman–Crippen LogP) is 0.623. The van der Waals surface area contributed by atoms with Crippen molar-refractivity contribution in [3.8, 4) is 0 Å². The Hall–Kier alpha value is -0.610. The summed E-state index contributed by atoms with van der Waals surface area (Å²) in [6.45, 7) is 5.06. The van der Waals surface area contributed by atoms with E-state index in [2.05, 4.69) is 5.32 Å². The molecule has 0 aromatic heterocycles. The number of hydrogen-bond donors (Lipinski definition) is 1. The van der Waals surface area contributed by atoms with Crippen LogP contribution in [0.25, 0.3) is 0 Å². The van der Waals surface area contributed by atoms with Crippen LogP contribution in [0.15, 0.2) is 0 Å². The molecule has 0 radical (unpaired) electrons. The van der Waals surface area contributed by atoms with Gasteiger partial charge in [-0.2, -0.15) is 0 Å². The third-order valence-corrected chi connectivity index (χ3v) is 2.87. The van der Waals surface area contributed by atoms with Crippen molar-refractivity contribution in [2.24, 2.45) is 0 Å². The van der Waals surface area contributed by atoms with E-state index in [-0.39, 0.29) is 11.9 Å². The number of hydrogen-bond acceptors (Lipinski definition) is 3. The number of likely N-dealkylation sites (N-methyl/N-ethyl adjacent to an activating group) is 1. The van der Waals surface area contributed by atoms with Crippen LogP contribution in [0.1, 0.15) is 26.2 Å². The van der Waals surface area contributed by atoms with E-state index in [1.54, 1.807) is 7.11 Å². The summed E-state index contributed by atoms with van der Waals surface area (Å²) < 4.78 is 5.00. The molecule has 1 rings (SSSR count). The average Bonchev–Trinajstić information content (AvgIpc) is 2.31. The summed E-state index contributed by atoms with van der Waals surface area (Å²) in [6.07, 6.45) is 3.32. The fourth-order valence-corrected chi connectivity index (χ4v) is 1.91. The Morgan fingerprint density at radius 2 is 2.33 bits per heavy atom. The van der Waals surface area contributed by atoms with Gasteiger partial charge in [-0.05, 0) is 26.3 Å². The maximum absolute atomic E-state index is 12.0. The van der Waals surface area contributed by atoms with Crippen molar-refractivity contribution < 1.29 is 9.53 Å². The van der Waals surface area contributed by atoms with Gasteiger partial charge in [-0.3, -0.25) is 4.79 Å². The zero-order valence-electron chi connectivity index (χ0n) is 9.79. The highest BCUT2D eigenvalue weighted by Crippen LogP contribution is 2.09. The molecule has 0 saturated carbocycles. The maximum Gasteiger partial charge on any atom is 0.239 e. The summed E-state index contributed by atoms with van der Waals surface area (Å²) in [5, 5.41) is 3.28. The number of nitrogens with zero attached hydrogens (tertiary/aromatic N) is 1. The van der Waals surface area contributed by atoms with Crippen molar-refractivity contribution in [2.45, 2.75) is 32.2 Å². The summed E-state index contributed by atoms with van der Waals surface area (Å²) in [7, 11) is 1.66. The number of carbonyl (C=O) groups is 1. The molecule has 4 heteroatoms. The molecule has 0 aromatic carbocycles. The van der Waals surface area contributed by atoms with Crippen molar-refractivity contribution in [3.05, 3.63) is 0 Å². The molecule has 1 unspecified atom stereocenters. The highest BCUT2D eigenvalue weighted by molar-refractivity contribution is 5.81. The van der Waals surface area contributed by atoms with Crippen molar-refractivity contribution in [2.75, 3.05) is 33.4 Å². The quantitative estimate of drug-likeness (QED) is 0.729. The summed E-state index contributed by atoms with van der Waals surface area (Å²) in [4.78, 5) is 13.9. The molecular weight excluding hydrogens is 192 g/mol. The minimum Gasteiger partial charge on any atom is -0.383 e. The number of nitrogens with one attached hydrogen (secondary N) is 1. The van der Waals surface area contributed by atoms with Gasteiger partial charge in [0, 0.05) is 20.2 Å². The molecule has 1 atom stereocenters. The van der Waals surface area contributed by atoms with Crippen LogP contribution < -0.4 is 5.32 Å². The minimum absolute atomic E-state index is 0.0376. The van der Waals surface area contributed by atoms with E-state index in [1.165, 1.54) is 6.42 Å². The lowest BCUT2D eigenvalue weighted by Gasteiger charge is -2.29. The van der Waals surface area contributed by atoms with Crippen LogP contribution >= 0.6 is 0 Å². The number of ether oxygens (including phenoxy) is 1. The Bertz CT molecular complexity index is 191. The summed E-state index contributed by atoms with van der Waals surface area (Å²) >= 11 is 0. The van der Waals surface area contributed by atoms with E-state index in [4.69, 9.17) is 4.74 Å². The van der Waals surface area contributed by atoms with E-state index in [0.717, 1.165) is 25.9 Å². The van der Waals surface area contributed by atoms with E-state index in [9.17, 15) is 4.79 Å². The van der Waals surface area contributed by atoms with Crippen molar-refractivity contribution in [1.29, 1.82) is 0 Å². The minimum atomic E-state index is 0.0376. The predicted molar refractivity (Wildman–Crippen MR) is 59.8 cm³/mol. The smallest absolute Gasteiger partial charge is 0.239 e. The van der Waals surface area contributed by atoms with Gasteiger partial charge in [-0.1, -0.05) is 6.42 Å². The molecule has 1 amide bonds. The molecule has 1 N–H and O–H groups in total. The summed E-state index contributed by atoms with van der Waals surface area (Å²) in [6, 6.07) is 0.0376. The molecule has 1 saturated heterocycles. The molecule has 0 spiro atoms. The third-order valence-electron chi connectivity index (χ3n) is 2.87. The standard InChI is InChI=1S/C11H22N2O2/c1-3-13(8-9-15-2)11(14)10-6-4-5-7-12-10/h10,12H,3-9H2,1-2H3. The number of rotatable bonds is 5. The second-order valence-electron chi connectivity index (χ2n) is 3.91. The lowest BCUT2D eigenvalue weighted by molar-refractivity contribution is -0.134. The zero-order chi connectivity index (χ0) is 11.1. The Morgan fingerprint density at radius 3 is 2.87 bits per heavy atom. The maximum atomic E-state index is 12.0. The van der Waals surface area contributed by atoms with Gasteiger partial charge in [0.2, 0.25) is 5.91 Å². The van der Waals surface area contributed by atoms with Gasteiger partial charge >= 0.3 is 0 Å². The SMILES string of the molecule is CCN(CCOC)C(=O)C1CCCCN1. The fourth-order valence-electron chi connectivity index (χ4n) is 1.91. The Labute approximate surface area is 92.0 Å². The van der Waals surface area contributed by atoms with Gasteiger partial charge < -0.3 is 15.0 Å². The number of methoxy groups -OCH3 is 1. The van der Waals surface area contributed by atoms with Crippen LogP contribution in [0.3, 0.4) is 0 Å². The number of carbonyl (C=O) groups excluding carboxylic acids is 1. The van der Waals surface area contributed by atoms with Crippen LogP contribution in [0.4, 0.5) is 0 Å². The van der Waals surface area contributed by atoms with E-state index in [0.29, 0.717) is 13.2 Å². The lowest BCUT2D eigenvalue weighted by Crippen LogP contribution is -2.49. The van der Waals surface area contributed by atoms with E-state index >= 15 is 0 Å². The molecule has 0 aliphatic carbocycles. The monoisotopic (exact) mass is 214 g/mol. The lowest BCUT2D eigenvalue weighted by atomic mass is 10.0. The largest absolute Gasteiger partial charge is 0.383 e. The Morgan fingerprint density at radius 1 is 1.53 bits per heavy atom. The zero-order valence-corrected chi connectivity index (χ0v) is 9.79. The van der Waals surface area contributed by atoms with E-state index in [1.807, 2.05) is 11.8 Å². The Kier molecular flexibility index (Phi) is 5.65. The van der Waals surface area contributed by atoms with Gasteiger partial charge in [-0.25, -0.2) is 0 Å². The van der Waals surface area contributed by atoms with Crippen LogP contribution in [0.2, 0.25) is 0 Å². The van der Waals surface area contributed by atoms with Gasteiger partial charge in [0.15, 0.2) is 0 Å². The molecule has 15 heavy (non-hydrogen) atoms. The first-order valence-corrected chi connectivity index (χ1v) is 5.80. The second-order valence-corrected chi connectivity index (χ2v) is 3.91. The third kappa shape index (κ3) is 3.80. The van der Waals surface area contributed by atoms with Gasteiger partial charge in [0.25, 0.3) is 0 Å². The fraction of sp³-hybridized carbons (Fsp3) is 0.909. The van der Waals surface area contributed by atoms with Gasteiger partial charge in [0.05, 0.1) is 12.6 Å². The number of piperidine rings is 1. The summed E-state index contributed by atoms with van der Waals surface area (Å²) in [5.41, 5.74) is 0. The van der Waals surface area contributed by atoms with Crippen molar-refractivity contribution in [3.63, 3.8) is 0 Å². The highest BCUT2D eigenvalue weighted by atomic mass is 16.5. The molecule has 0 bridgehead atoms. The molecule has 1 fully saturated rings. The molecule has 0 aromatic rings. The first kappa shape index (κ1) is 12.5. The highest BCUT2D eigenvalue weighted by Gasteiger charge is 2.24. The first-order valence-electron chi connectivity index (χ1n) is 5.80. The van der Waals surface area contributed by atoms with Crippen LogP contribution in [-0.4, -0.2) is 50.2 Å². The Balaban J connectivity index is 2.40. The second kappa shape index (κ2) is 6.80. The molecule has 1 aliphatic heterocycles. The summed E-state index contributed by atoms with van der Waals surface area (Å²) in [5.74, 6) is 0.231. The molecule has 88 valence electrons. The van der Waals surface area contributed by atoms with Gasteiger partial charge in [0.1, 0.15) is 0 Å². The van der Waals surface area contributed by atoms with E-state index < -0.39 is 0 Å². The normalized spacial score (nSPS) is 21.3. The average molecular weight is 214 g/mol. The van der Waals surface area contributed by atoms with Gasteiger partial charge in [-0.15, -0.1) is 0 Å². The topological polar surface area (TPSA) is 41.6 Å². The van der Waals surface area contributed by atoms with Crippen LogP contribution in [0, 0.1) is 0 Å².